The summed E-state index contributed by atoms with van der Waals surface area (Å²) in [5.74, 6) is 2.07. The lowest BCUT2D eigenvalue weighted by Crippen LogP contribution is -2.12. The van der Waals surface area contributed by atoms with Gasteiger partial charge in [0, 0.05) is 17.7 Å². The molecule has 3 nitrogen and oxygen atoms in total. The summed E-state index contributed by atoms with van der Waals surface area (Å²) >= 11 is 0. The molecule has 0 aromatic heterocycles. The zero-order chi connectivity index (χ0) is 14.5. The van der Waals surface area contributed by atoms with Crippen LogP contribution >= 0.6 is 0 Å². The minimum absolute atomic E-state index is 0.285. The molecule has 0 saturated heterocycles. The van der Waals surface area contributed by atoms with Gasteiger partial charge >= 0.3 is 0 Å². The summed E-state index contributed by atoms with van der Waals surface area (Å²) in [4.78, 5) is 12.2. The fourth-order valence-electron chi connectivity index (χ4n) is 3.64. The van der Waals surface area contributed by atoms with Crippen LogP contribution in [0.3, 0.4) is 0 Å². The van der Waals surface area contributed by atoms with E-state index in [-0.39, 0.29) is 5.41 Å². The van der Waals surface area contributed by atoms with Gasteiger partial charge in [-0.3, -0.25) is 4.79 Å². The fraction of sp³-hybridized carbons (Fsp3) is 0.471. The van der Waals surface area contributed by atoms with Gasteiger partial charge in [-0.25, -0.2) is 0 Å². The van der Waals surface area contributed by atoms with Crippen molar-refractivity contribution in [1.82, 2.24) is 0 Å². The van der Waals surface area contributed by atoms with Gasteiger partial charge in [0.2, 0.25) is 0 Å². The van der Waals surface area contributed by atoms with E-state index in [2.05, 4.69) is 19.2 Å². The number of para-hydroxylation sites is 2. The molecule has 0 heterocycles. The van der Waals surface area contributed by atoms with Crippen molar-refractivity contribution >= 4 is 11.5 Å². The quantitative estimate of drug-likeness (QED) is 0.853. The van der Waals surface area contributed by atoms with Crippen LogP contribution in [0.15, 0.2) is 35.5 Å². The summed E-state index contributed by atoms with van der Waals surface area (Å²) in [6.45, 7) is 6.51. The Kier molecular flexibility index (Phi) is 2.89. The maximum Gasteiger partial charge on any atom is 0.161 e. The highest BCUT2D eigenvalue weighted by Crippen LogP contribution is 2.68. The minimum Gasteiger partial charge on any atom is -0.495 e. The largest absolute Gasteiger partial charge is 0.495 e. The number of benzene rings is 1. The maximum absolute atomic E-state index is 12.2. The van der Waals surface area contributed by atoms with Gasteiger partial charge < -0.3 is 10.1 Å². The molecule has 3 heteroatoms. The summed E-state index contributed by atoms with van der Waals surface area (Å²) in [6.07, 6.45) is 0.706. The number of methoxy groups -OCH3 is 1. The third-order valence-electron chi connectivity index (χ3n) is 4.90. The van der Waals surface area contributed by atoms with E-state index in [1.165, 1.54) is 0 Å². The number of ether oxygens (including phenoxy) is 1. The van der Waals surface area contributed by atoms with Gasteiger partial charge in [-0.2, -0.15) is 0 Å². The van der Waals surface area contributed by atoms with Crippen LogP contribution < -0.4 is 10.1 Å². The van der Waals surface area contributed by atoms with Gasteiger partial charge in [0.25, 0.3) is 0 Å². The Balaban J connectivity index is 1.91. The average molecular weight is 271 g/mol. The summed E-state index contributed by atoms with van der Waals surface area (Å²) in [7, 11) is 1.66. The van der Waals surface area contributed by atoms with Gasteiger partial charge in [-0.15, -0.1) is 0 Å². The highest BCUT2D eigenvalue weighted by atomic mass is 16.5. The SMILES string of the molecule is COc1ccccc1N/C(C)=C1\C(=O)C[C@@H]2[C@H]1C2(C)C. The predicted octanol–water partition coefficient (Wildman–Crippen LogP) is 3.63. The lowest BCUT2D eigenvalue weighted by Gasteiger charge is -2.16. The number of anilines is 1. The van der Waals surface area contributed by atoms with Gasteiger partial charge in [0.15, 0.2) is 5.78 Å². The number of carbonyl (C=O) groups is 1. The third kappa shape index (κ3) is 1.84. The van der Waals surface area contributed by atoms with Crippen LogP contribution in [0.2, 0.25) is 0 Å². The van der Waals surface area contributed by atoms with Gasteiger partial charge in [0.05, 0.1) is 12.8 Å². The molecule has 2 fully saturated rings. The molecule has 2 atom stereocenters. The molecular formula is C17H21NO2. The molecule has 1 aromatic carbocycles. The number of carbonyl (C=O) groups excluding carboxylic acids is 1. The zero-order valence-electron chi connectivity index (χ0n) is 12.5. The first-order valence-corrected chi connectivity index (χ1v) is 7.11. The van der Waals surface area contributed by atoms with Gasteiger partial charge in [0.1, 0.15) is 5.75 Å². The number of allylic oxidation sites excluding steroid dienone is 2. The van der Waals surface area contributed by atoms with Crippen molar-refractivity contribution in [3.63, 3.8) is 0 Å². The fourth-order valence-corrected chi connectivity index (χ4v) is 3.64. The van der Waals surface area contributed by atoms with E-state index < -0.39 is 0 Å². The molecule has 2 aliphatic carbocycles. The average Bonchev–Trinajstić information content (AvgIpc) is 2.78. The molecule has 0 bridgehead atoms. The van der Waals surface area contributed by atoms with Crippen molar-refractivity contribution in [1.29, 1.82) is 0 Å². The van der Waals surface area contributed by atoms with E-state index in [4.69, 9.17) is 4.74 Å². The molecule has 0 unspecified atom stereocenters. The maximum atomic E-state index is 12.2. The smallest absolute Gasteiger partial charge is 0.161 e. The molecule has 106 valence electrons. The second kappa shape index (κ2) is 4.37. The van der Waals surface area contributed by atoms with E-state index in [1.807, 2.05) is 31.2 Å². The molecule has 3 rings (SSSR count). The number of nitrogens with one attached hydrogen (secondary N) is 1. The standard InChI is InChI=1S/C17H21NO2/c1-10(18-12-7-5-6-8-14(12)20-4)15-13(19)9-11-16(15)17(11,2)3/h5-8,11,16,18H,9H2,1-4H3/b15-10+/t11-,16-/m1/s1. The normalized spacial score (nSPS) is 28.9. The van der Waals surface area contributed by atoms with Crippen LogP contribution in [0.1, 0.15) is 27.2 Å². The molecule has 1 aromatic rings. The number of Topliss-reactive ketones (excluding diaryl/α,β-unsaturated/α-hetero) is 1. The highest BCUT2D eigenvalue weighted by molar-refractivity contribution is 6.01. The second-order valence-corrected chi connectivity index (χ2v) is 6.40. The summed E-state index contributed by atoms with van der Waals surface area (Å²) < 4.78 is 5.34. The van der Waals surface area contributed by atoms with Crippen LogP contribution in [0.4, 0.5) is 5.69 Å². The van der Waals surface area contributed by atoms with Crippen molar-refractivity contribution in [3.8, 4) is 5.75 Å². The highest BCUT2D eigenvalue weighted by Gasteiger charge is 2.65. The first kappa shape index (κ1) is 13.2. The third-order valence-corrected chi connectivity index (χ3v) is 4.90. The Morgan fingerprint density at radius 1 is 1.35 bits per heavy atom. The van der Waals surface area contributed by atoms with Crippen LogP contribution in [0, 0.1) is 17.3 Å². The molecule has 2 aliphatic rings. The molecule has 20 heavy (non-hydrogen) atoms. The molecule has 0 spiro atoms. The van der Waals surface area contributed by atoms with Gasteiger partial charge in [-0.1, -0.05) is 26.0 Å². The molecule has 0 aliphatic heterocycles. The first-order chi connectivity index (χ1) is 9.46. The van der Waals surface area contributed by atoms with E-state index >= 15 is 0 Å². The van der Waals surface area contributed by atoms with Crippen molar-refractivity contribution in [3.05, 3.63) is 35.5 Å². The van der Waals surface area contributed by atoms with Crippen LogP contribution in [-0.4, -0.2) is 12.9 Å². The Morgan fingerprint density at radius 2 is 2.05 bits per heavy atom. The molecule has 0 amide bonds. The summed E-state index contributed by atoms with van der Waals surface area (Å²) in [5.41, 5.74) is 3.16. The number of hydrogen-bond donors (Lipinski definition) is 1. The van der Waals surface area contributed by atoms with Crippen molar-refractivity contribution in [2.75, 3.05) is 12.4 Å². The van der Waals surface area contributed by atoms with Crippen molar-refractivity contribution in [2.24, 2.45) is 17.3 Å². The Labute approximate surface area is 120 Å². The lowest BCUT2D eigenvalue weighted by atomic mass is 9.95. The van der Waals surface area contributed by atoms with E-state index in [0.29, 0.717) is 24.0 Å². The monoisotopic (exact) mass is 271 g/mol. The Bertz CT molecular complexity index is 601. The molecule has 0 radical (unpaired) electrons. The van der Waals surface area contributed by atoms with Crippen molar-refractivity contribution < 1.29 is 9.53 Å². The Hall–Kier alpha value is -1.77. The van der Waals surface area contributed by atoms with E-state index in [1.54, 1.807) is 7.11 Å². The Morgan fingerprint density at radius 3 is 2.70 bits per heavy atom. The first-order valence-electron chi connectivity index (χ1n) is 7.11. The van der Waals surface area contributed by atoms with E-state index in [9.17, 15) is 4.79 Å². The molecule has 1 N–H and O–H groups in total. The molecule has 2 saturated carbocycles. The predicted molar refractivity (Wildman–Crippen MR) is 79.7 cm³/mol. The number of rotatable bonds is 3. The van der Waals surface area contributed by atoms with E-state index in [0.717, 1.165) is 22.7 Å². The molecular weight excluding hydrogens is 250 g/mol. The topological polar surface area (TPSA) is 38.3 Å². The number of fused-ring (bicyclic) bond motifs is 1. The zero-order valence-corrected chi connectivity index (χ0v) is 12.5. The van der Waals surface area contributed by atoms with Crippen LogP contribution in [0.5, 0.6) is 5.75 Å². The minimum atomic E-state index is 0.285. The number of ketones is 1. The van der Waals surface area contributed by atoms with Crippen LogP contribution in [-0.2, 0) is 4.79 Å². The summed E-state index contributed by atoms with van der Waals surface area (Å²) in [5, 5.41) is 3.36. The van der Waals surface area contributed by atoms with Gasteiger partial charge in [-0.05, 0) is 36.3 Å². The lowest BCUT2D eigenvalue weighted by molar-refractivity contribution is -0.115. The second-order valence-electron chi connectivity index (χ2n) is 6.40. The van der Waals surface area contributed by atoms with Crippen LogP contribution in [0.25, 0.3) is 0 Å². The summed E-state index contributed by atoms with van der Waals surface area (Å²) in [6, 6.07) is 7.79. The van der Waals surface area contributed by atoms with Crippen molar-refractivity contribution in [2.45, 2.75) is 27.2 Å². The number of hydrogen-bond acceptors (Lipinski definition) is 3.